The molecule has 23 heavy (non-hydrogen) atoms. The van der Waals surface area contributed by atoms with Crippen LogP contribution < -0.4 is 9.47 Å². The third kappa shape index (κ3) is 3.37. The molecule has 0 unspecified atom stereocenters. The van der Waals surface area contributed by atoms with Crippen molar-refractivity contribution >= 4 is 0 Å². The summed E-state index contributed by atoms with van der Waals surface area (Å²) in [5.74, 6) is 1.99. The van der Waals surface area contributed by atoms with Crippen molar-refractivity contribution in [2.75, 3.05) is 13.2 Å². The highest BCUT2D eigenvalue weighted by molar-refractivity contribution is 5.64. The number of nitrogens with zero attached hydrogens (tertiary/aromatic N) is 1. The lowest BCUT2D eigenvalue weighted by Gasteiger charge is -2.11. The van der Waals surface area contributed by atoms with Gasteiger partial charge in [0.05, 0.1) is 13.2 Å². The fourth-order valence-corrected chi connectivity index (χ4v) is 2.33. The molecule has 0 aliphatic heterocycles. The van der Waals surface area contributed by atoms with Gasteiger partial charge in [-0.25, -0.2) is 4.98 Å². The van der Waals surface area contributed by atoms with Gasteiger partial charge in [-0.2, -0.15) is 0 Å². The molecule has 0 saturated heterocycles. The third-order valence-corrected chi connectivity index (χ3v) is 3.36. The van der Waals surface area contributed by atoms with Crippen molar-refractivity contribution in [1.29, 1.82) is 0 Å². The van der Waals surface area contributed by atoms with Crippen molar-refractivity contribution in [3.8, 4) is 34.2 Å². The van der Waals surface area contributed by atoms with Gasteiger partial charge in [0.2, 0.25) is 5.89 Å². The van der Waals surface area contributed by atoms with Gasteiger partial charge in [-0.3, -0.25) is 0 Å². The monoisotopic (exact) mass is 309 g/mol. The number of ether oxygens (including phenoxy) is 2. The van der Waals surface area contributed by atoms with E-state index in [1.54, 1.807) is 6.26 Å². The standard InChI is InChI=1S/C19H19NO3/c1-3-21-17-11-10-15(12-18(17)22-4-2)19-20-16(13-23-19)14-8-6-5-7-9-14/h5-13H,3-4H2,1-2H3. The first-order chi connectivity index (χ1) is 11.3. The van der Waals surface area contributed by atoms with Gasteiger partial charge in [-0.1, -0.05) is 30.3 Å². The van der Waals surface area contributed by atoms with Crippen LogP contribution in [0.25, 0.3) is 22.7 Å². The summed E-state index contributed by atoms with van der Waals surface area (Å²) in [4.78, 5) is 4.56. The van der Waals surface area contributed by atoms with Gasteiger partial charge in [0, 0.05) is 11.1 Å². The summed E-state index contributed by atoms with van der Waals surface area (Å²) < 4.78 is 16.9. The first kappa shape index (κ1) is 15.2. The maximum absolute atomic E-state index is 5.65. The SMILES string of the molecule is CCOc1ccc(-c2nc(-c3ccccc3)co2)cc1OCC. The molecule has 118 valence electrons. The van der Waals surface area contributed by atoms with E-state index in [1.165, 1.54) is 0 Å². The fraction of sp³-hybridized carbons (Fsp3) is 0.211. The normalized spacial score (nSPS) is 10.5. The number of oxazole rings is 1. The summed E-state index contributed by atoms with van der Waals surface area (Å²) in [7, 11) is 0. The highest BCUT2D eigenvalue weighted by Crippen LogP contribution is 2.33. The summed E-state index contributed by atoms with van der Waals surface area (Å²) in [6, 6.07) is 15.7. The van der Waals surface area contributed by atoms with Crippen LogP contribution in [0.15, 0.2) is 59.2 Å². The zero-order valence-electron chi connectivity index (χ0n) is 13.3. The maximum Gasteiger partial charge on any atom is 0.226 e. The van der Waals surface area contributed by atoms with Gasteiger partial charge in [0.15, 0.2) is 11.5 Å². The number of aromatic nitrogens is 1. The number of hydrogen-bond donors (Lipinski definition) is 0. The van der Waals surface area contributed by atoms with Gasteiger partial charge in [0.25, 0.3) is 0 Å². The Kier molecular flexibility index (Phi) is 4.62. The molecule has 0 fully saturated rings. The van der Waals surface area contributed by atoms with Crippen molar-refractivity contribution < 1.29 is 13.9 Å². The van der Waals surface area contributed by atoms with E-state index < -0.39 is 0 Å². The number of rotatable bonds is 6. The molecular weight excluding hydrogens is 290 g/mol. The van der Waals surface area contributed by atoms with Crippen LogP contribution in [0.1, 0.15) is 13.8 Å². The predicted molar refractivity (Wildman–Crippen MR) is 89.7 cm³/mol. The number of benzene rings is 2. The highest BCUT2D eigenvalue weighted by Gasteiger charge is 2.12. The molecule has 0 radical (unpaired) electrons. The molecule has 4 nitrogen and oxygen atoms in total. The molecule has 1 aromatic heterocycles. The Morgan fingerprint density at radius 1 is 0.870 bits per heavy atom. The molecule has 0 aliphatic carbocycles. The molecule has 0 saturated carbocycles. The second kappa shape index (κ2) is 7.01. The van der Waals surface area contributed by atoms with Crippen molar-refractivity contribution in [3.63, 3.8) is 0 Å². The largest absolute Gasteiger partial charge is 0.490 e. The lowest BCUT2D eigenvalue weighted by Crippen LogP contribution is -1.98. The molecule has 0 aliphatic rings. The summed E-state index contributed by atoms with van der Waals surface area (Å²) in [5.41, 5.74) is 2.70. The summed E-state index contributed by atoms with van der Waals surface area (Å²) in [6.07, 6.45) is 1.67. The lowest BCUT2D eigenvalue weighted by atomic mass is 10.2. The van der Waals surface area contributed by atoms with E-state index in [-0.39, 0.29) is 0 Å². The van der Waals surface area contributed by atoms with Crippen molar-refractivity contribution in [1.82, 2.24) is 4.98 Å². The summed E-state index contributed by atoms with van der Waals surface area (Å²) >= 11 is 0. The quantitative estimate of drug-likeness (QED) is 0.655. The molecule has 0 spiro atoms. The average Bonchev–Trinajstić information content (AvgIpc) is 3.08. The molecule has 3 aromatic rings. The molecule has 1 heterocycles. The topological polar surface area (TPSA) is 44.5 Å². The van der Waals surface area contributed by atoms with Gasteiger partial charge in [-0.05, 0) is 32.0 Å². The Labute approximate surface area is 135 Å². The van der Waals surface area contributed by atoms with E-state index in [0.29, 0.717) is 24.9 Å². The maximum atomic E-state index is 5.65. The second-order valence-corrected chi connectivity index (χ2v) is 4.93. The smallest absolute Gasteiger partial charge is 0.226 e. The van der Waals surface area contributed by atoms with E-state index in [2.05, 4.69) is 4.98 Å². The molecular formula is C19H19NO3. The van der Waals surface area contributed by atoms with E-state index in [1.807, 2.05) is 62.4 Å². The molecule has 3 rings (SSSR count). The van der Waals surface area contributed by atoms with Gasteiger partial charge < -0.3 is 13.9 Å². The molecule has 4 heteroatoms. The molecule has 2 aromatic carbocycles. The van der Waals surface area contributed by atoms with Gasteiger partial charge in [-0.15, -0.1) is 0 Å². The Hall–Kier alpha value is -2.75. The Morgan fingerprint density at radius 2 is 1.61 bits per heavy atom. The summed E-state index contributed by atoms with van der Waals surface area (Å²) in [5, 5.41) is 0. The minimum Gasteiger partial charge on any atom is -0.490 e. The minimum atomic E-state index is 0.563. The van der Waals surface area contributed by atoms with Crippen LogP contribution in [-0.2, 0) is 0 Å². The van der Waals surface area contributed by atoms with E-state index in [0.717, 1.165) is 22.6 Å². The summed E-state index contributed by atoms with van der Waals surface area (Å²) in [6.45, 7) is 5.06. The van der Waals surface area contributed by atoms with E-state index >= 15 is 0 Å². The highest BCUT2D eigenvalue weighted by atomic mass is 16.5. The Balaban J connectivity index is 1.93. The first-order valence-electron chi connectivity index (χ1n) is 7.72. The lowest BCUT2D eigenvalue weighted by molar-refractivity contribution is 0.288. The van der Waals surface area contributed by atoms with Crippen LogP contribution >= 0.6 is 0 Å². The fourth-order valence-electron chi connectivity index (χ4n) is 2.33. The van der Waals surface area contributed by atoms with E-state index in [9.17, 15) is 0 Å². The molecule has 0 atom stereocenters. The zero-order valence-corrected chi connectivity index (χ0v) is 13.3. The van der Waals surface area contributed by atoms with Crippen LogP contribution in [0.2, 0.25) is 0 Å². The molecule has 0 bridgehead atoms. The molecule has 0 N–H and O–H groups in total. The Bertz CT molecular complexity index is 765. The van der Waals surface area contributed by atoms with Crippen molar-refractivity contribution in [2.45, 2.75) is 13.8 Å². The van der Waals surface area contributed by atoms with Crippen LogP contribution in [0.4, 0.5) is 0 Å². The third-order valence-electron chi connectivity index (χ3n) is 3.36. The van der Waals surface area contributed by atoms with Crippen LogP contribution in [0.3, 0.4) is 0 Å². The van der Waals surface area contributed by atoms with Gasteiger partial charge >= 0.3 is 0 Å². The second-order valence-electron chi connectivity index (χ2n) is 4.93. The predicted octanol–water partition coefficient (Wildman–Crippen LogP) is 4.81. The van der Waals surface area contributed by atoms with Crippen LogP contribution in [-0.4, -0.2) is 18.2 Å². The molecule has 0 amide bonds. The van der Waals surface area contributed by atoms with Crippen LogP contribution in [0, 0.1) is 0 Å². The number of hydrogen-bond acceptors (Lipinski definition) is 4. The first-order valence-corrected chi connectivity index (χ1v) is 7.72. The van der Waals surface area contributed by atoms with Crippen molar-refractivity contribution in [2.24, 2.45) is 0 Å². The van der Waals surface area contributed by atoms with Crippen LogP contribution in [0.5, 0.6) is 11.5 Å². The average molecular weight is 309 g/mol. The van der Waals surface area contributed by atoms with Crippen molar-refractivity contribution in [3.05, 3.63) is 54.8 Å². The van der Waals surface area contributed by atoms with Gasteiger partial charge in [0.1, 0.15) is 12.0 Å². The Morgan fingerprint density at radius 3 is 2.35 bits per heavy atom. The minimum absolute atomic E-state index is 0.563. The zero-order chi connectivity index (χ0) is 16.1. The van der Waals surface area contributed by atoms with E-state index in [4.69, 9.17) is 13.9 Å².